The van der Waals surface area contributed by atoms with E-state index >= 15 is 0 Å². The molecule has 0 aliphatic heterocycles. The first-order chi connectivity index (χ1) is 19.2. The van der Waals surface area contributed by atoms with Gasteiger partial charge in [-0.15, -0.1) is 0 Å². The second-order valence-electron chi connectivity index (χ2n) is 9.46. The van der Waals surface area contributed by atoms with Gasteiger partial charge in [0.2, 0.25) is 0 Å². The molecule has 3 N–H and O–H groups in total. The quantitative estimate of drug-likeness (QED) is 0.173. The van der Waals surface area contributed by atoms with E-state index in [1.165, 1.54) is 0 Å². The van der Waals surface area contributed by atoms with Crippen LogP contribution in [-0.4, -0.2) is 45.5 Å². The summed E-state index contributed by atoms with van der Waals surface area (Å²) in [6, 6.07) is 7.30. The van der Waals surface area contributed by atoms with Crippen LogP contribution in [-0.2, 0) is 4.74 Å². The van der Waals surface area contributed by atoms with Gasteiger partial charge < -0.3 is 20.7 Å². The number of hydrogen-bond acceptors (Lipinski definition) is 6. The minimum atomic E-state index is -1.03. The summed E-state index contributed by atoms with van der Waals surface area (Å²) in [7, 11) is 0. The number of ether oxygens (including phenoxy) is 1. The van der Waals surface area contributed by atoms with Crippen LogP contribution in [0.5, 0.6) is 0 Å². The first-order valence-electron chi connectivity index (χ1n) is 12.8. The van der Waals surface area contributed by atoms with Crippen LogP contribution in [0.15, 0.2) is 48.4 Å². The summed E-state index contributed by atoms with van der Waals surface area (Å²) >= 11 is 6.48. The van der Waals surface area contributed by atoms with E-state index < -0.39 is 17.7 Å². The smallest absolute Gasteiger partial charge is 0.412 e. The lowest BCUT2D eigenvalue weighted by Crippen LogP contribution is -2.26. The van der Waals surface area contributed by atoms with Crippen molar-refractivity contribution in [2.24, 2.45) is 0 Å². The number of carbonyl (C=O) groups is 2. The van der Waals surface area contributed by atoms with Crippen molar-refractivity contribution in [3.05, 3.63) is 70.6 Å². The van der Waals surface area contributed by atoms with Crippen molar-refractivity contribution in [1.29, 1.82) is 0 Å². The molecule has 9 nitrogen and oxygen atoms in total. The minimum absolute atomic E-state index is 0.189. The molecule has 5 rings (SSSR count). The highest BCUT2D eigenvalue weighted by atomic mass is 35.5. The third-order valence-corrected chi connectivity index (χ3v) is 6.77. The lowest BCUT2D eigenvalue weighted by Gasteiger charge is -2.13. The van der Waals surface area contributed by atoms with Gasteiger partial charge >= 0.3 is 6.09 Å². The first-order valence-corrected chi connectivity index (χ1v) is 13.2. The maximum Gasteiger partial charge on any atom is 0.412 e. The zero-order valence-corrected chi connectivity index (χ0v) is 22.6. The van der Waals surface area contributed by atoms with Crippen molar-refractivity contribution in [2.45, 2.75) is 39.2 Å². The van der Waals surface area contributed by atoms with Crippen LogP contribution >= 0.6 is 11.6 Å². The number of carbonyl (C=O) groups excluding carboxylic acids is 2. The Morgan fingerprint density at radius 1 is 1.18 bits per heavy atom. The van der Waals surface area contributed by atoms with Gasteiger partial charge in [0.05, 0.1) is 33.5 Å². The van der Waals surface area contributed by atoms with E-state index in [0.717, 1.165) is 25.0 Å². The Bertz CT molecular complexity index is 1650. The second-order valence-corrected chi connectivity index (χ2v) is 9.86. The predicted octanol–water partition coefficient (Wildman–Crippen LogP) is 5.83. The molecule has 0 bridgehead atoms. The van der Waals surface area contributed by atoms with Gasteiger partial charge in [-0.1, -0.05) is 17.7 Å². The maximum absolute atomic E-state index is 14.3. The van der Waals surface area contributed by atoms with E-state index in [-0.39, 0.29) is 22.5 Å². The Kier molecular flexibility index (Phi) is 7.83. The second kappa shape index (κ2) is 11.5. The topological polar surface area (TPSA) is 110 Å². The fraction of sp³-hybridized carbons (Fsp3) is 0.286. The van der Waals surface area contributed by atoms with Crippen LogP contribution in [0.4, 0.5) is 19.4 Å². The Hall–Kier alpha value is -4.25. The normalized spacial score (nSPS) is 13.5. The molecule has 2 amide bonds. The van der Waals surface area contributed by atoms with E-state index in [9.17, 15) is 18.4 Å². The zero-order chi connectivity index (χ0) is 28.4. The van der Waals surface area contributed by atoms with E-state index in [1.54, 1.807) is 48.7 Å². The number of allylic oxidation sites excluding steroid dienone is 2. The van der Waals surface area contributed by atoms with Crippen LogP contribution in [0.25, 0.3) is 27.9 Å². The van der Waals surface area contributed by atoms with Gasteiger partial charge in [-0.25, -0.2) is 23.5 Å². The molecule has 4 aromatic rings. The van der Waals surface area contributed by atoms with E-state index in [2.05, 4.69) is 25.9 Å². The summed E-state index contributed by atoms with van der Waals surface area (Å²) in [6.07, 6.45) is 5.15. The molecule has 0 radical (unpaired) electrons. The molecule has 2 aromatic carbocycles. The molecular formula is C28H27ClF2N6O3. The third-order valence-electron chi connectivity index (χ3n) is 6.46. The number of nitrogens with zero attached hydrogens (tertiary/aromatic N) is 3. The van der Waals surface area contributed by atoms with Gasteiger partial charge in [-0.2, -0.15) is 0 Å². The summed E-state index contributed by atoms with van der Waals surface area (Å²) in [5.74, 6) is -1.44. The number of benzene rings is 2. The molecule has 0 unspecified atom stereocenters. The molecule has 1 aliphatic rings. The van der Waals surface area contributed by atoms with Crippen LogP contribution in [0.1, 0.15) is 43.5 Å². The number of halogens is 3. The SMILES string of the molecule is C/C=C(\C)OC(=O)NCCCNc1nc2cc(F)c(F)cc2n2c(-c3ccc(C(=O)NC4CC4)c(Cl)c3)cnc12. The van der Waals surface area contributed by atoms with Crippen LogP contribution in [0, 0.1) is 11.6 Å². The number of hydrogen-bond donors (Lipinski definition) is 3. The lowest BCUT2D eigenvalue weighted by molar-refractivity contribution is 0.0951. The fourth-order valence-corrected chi connectivity index (χ4v) is 4.39. The summed E-state index contributed by atoms with van der Waals surface area (Å²) in [5.41, 5.74) is 2.44. The zero-order valence-electron chi connectivity index (χ0n) is 21.9. The lowest BCUT2D eigenvalue weighted by atomic mass is 10.1. The van der Waals surface area contributed by atoms with Gasteiger partial charge in [-0.05, 0) is 51.3 Å². The van der Waals surface area contributed by atoms with Crippen molar-refractivity contribution in [2.75, 3.05) is 18.4 Å². The molecular weight excluding hydrogens is 542 g/mol. The predicted molar refractivity (Wildman–Crippen MR) is 148 cm³/mol. The van der Waals surface area contributed by atoms with Gasteiger partial charge in [0.25, 0.3) is 5.91 Å². The monoisotopic (exact) mass is 568 g/mol. The van der Waals surface area contributed by atoms with Gasteiger partial charge in [0, 0.05) is 36.8 Å². The van der Waals surface area contributed by atoms with Gasteiger partial charge in [0.1, 0.15) is 5.76 Å². The molecule has 1 aliphatic carbocycles. The van der Waals surface area contributed by atoms with E-state index in [4.69, 9.17) is 16.3 Å². The summed E-state index contributed by atoms with van der Waals surface area (Å²) in [6.45, 7) is 4.19. The number of rotatable bonds is 9. The third kappa shape index (κ3) is 5.84. The number of imidazole rings is 1. The van der Waals surface area contributed by atoms with Crippen LogP contribution < -0.4 is 16.0 Å². The Labute approximate surface area is 233 Å². The van der Waals surface area contributed by atoms with E-state index in [1.807, 2.05) is 0 Å². The molecule has 208 valence electrons. The molecule has 12 heteroatoms. The van der Waals surface area contributed by atoms with Crippen molar-refractivity contribution < 1.29 is 23.1 Å². The van der Waals surface area contributed by atoms with Crippen molar-refractivity contribution in [1.82, 2.24) is 25.0 Å². The van der Waals surface area contributed by atoms with Crippen molar-refractivity contribution in [3.63, 3.8) is 0 Å². The fourth-order valence-electron chi connectivity index (χ4n) is 4.13. The largest absolute Gasteiger partial charge is 0.416 e. The highest BCUT2D eigenvalue weighted by Gasteiger charge is 2.25. The number of fused-ring (bicyclic) bond motifs is 3. The highest BCUT2D eigenvalue weighted by molar-refractivity contribution is 6.34. The molecule has 2 aromatic heterocycles. The number of alkyl carbamates (subject to hydrolysis) is 1. The molecule has 1 saturated carbocycles. The average molecular weight is 569 g/mol. The Morgan fingerprint density at radius 2 is 1.95 bits per heavy atom. The average Bonchev–Trinajstić information content (AvgIpc) is 3.62. The van der Waals surface area contributed by atoms with Crippen LogP contribution in [0.3, 0.4) is 0 Å². The number of amides is 2. The molecule has 0 saturated heterocycles. The molecule has 0 atom stereocenters. The van der Waals surface area contributed by atoms with Crippen molar-refractivity contribution in [3.8, 4) is 11.3 Å². The number of anilines is 1. The van der Waals surface area contributed by atoms with Crippen molar-refractivity contribution >= 4 is 46.1 Å². The standard InChI is InChI=1S/C28H27ClF2N6O3/c1-3-15(2)40-28(39)33-10-4-9-32-25-26-34-14-24(37(26)23-13-21(31)20(30)12-22(23)36-25)16-5-8-18(19(29)11-16)27(38)35-17-6-7-17/h3,5,8,11-14,17H,4,6-7,9-10H2,1-2H3,(H,32,36)(H,33,39)(H,35,38)/b15-3+. The van der Waals surface area contributed by atoms with Crippen LogP contribution in [0.2, 0.25) is 5.02 Å². The van der Waals surface area contributed by atoms with Gasteiger partial charge in [0.15, 0.2) is 23.1 Å². The summed E-state index contributed by atoms with van der Waals surface area (Å²) in [5, 5.41) is 9.00. The Balaban J connectivity index is 1.43. The van der Waals surface area contributed by atoms with Gasteiger partial charge in [-0.3, -0.25) is 9.20 Å². The minimum Gasteiger partial charge on any atom is -0.416 e. The number of aromatic nitrogens is 3. The highest BCUT2D eigenvalue weighted by Crippen LogP contribution is 2.32. The van der Waals surface area contributed by atoms with E-state index in [0.29, 0.717) is 59.1 Å². The molecule has 1 fully saturated rings. The first kappa shape index (κ1) is 27.3. The summed E-state index contributed by atoms with van der Waals surface area (Å²) < 4.78 is 35.2. The molecule has 2 heterocycles. The molecule has 0 spiro atoms. The maximum atomic E-state index is 14.3. The Morgan fingerprint density at radius 3 is 2.67 bits per heavy atom. The molecule has 40 heavy (non-hydrogen) atoms. The summed E-state index contributed by atoms with van der Waals surface area (Å²) in [4.78, 5) is 33.3. The number of nitrogens with one attached hydrogen (secondary N) is 3.